The quantitative estimate of drug-likeness (QED) is 0.388. The zero-order chi connectivity index (χ0) is 22.2. The fourth-order valence-corrected chi connectivity index (χ4v) is 4.57. The topological polar surface area (TPSA) is 53.3 Å². The van der Waals surface area contributed by atoms with Crippen molar-refractivity contribution in [2.75, 3.05) is 4.90 Å². The highest BCUT2D eigenvalue weighted by molar-refractivity contribution is 7.80. The fraction of sp³-hybridized carbons (Fsp3) is 0.0833. The van der Waals surface area contributed by atoms with Crippen LogP contribution in [0.2, 0.25) is 5.02 Å². The first-order chi connectivity index (χ1) is 15.5. The number of nitrogens with zero attached hydrogens (tertiary/aromatic N) is 3. The lowest BCUT2D eigenvalue weighted by Crippen LogP contribution is -2.30. The monoisotopic (exact) mass is 464 g/mol. The van der Waals surface area contributed by atoms with E-state index < -0.39 is 5.82 Å². The Morgan fingerprint density at radius 3 is 2.50 bits per heavy atom. The summed E-state index contributed by atoms with van der Waals surface area (Å²) in [5, 5.41) is 13.8. The van der Waals surface area contributed by atoms with Crippen LogP contribution in [0, 0.1) is 5.82 Å². The normalized spacial score (nSPS) is 18.1. The Bertz CT molecular complexity index is 1280. The number of nitrogens with one attached hydrogen (secondary N) is 1. The third-order valence-corrected chi connectivity index (χ3v) is 6.09. The molecule has 160 valence electrons. The van der Waals surface area contributed by atoms with Crippen molar-refractivity contribution in [2.45, 2.75) is 12.1 Å². The average Bonchev–Trinajstić information content (AvgIpc) is 3.41. The Hall–Kier alpha value is -3.42. The number of halogens is 2. The molecule has 2 aromatic carbocycles. The highest BCUT2D eigenvalue weighted by Gasteiger charge is 2.42. The lowest BCUT2D eigenvalue weighted by Gasteiger charge is -2.29. The van der Waals surface area contributed by atoms with Crippen molar-refractivity contribution in [1.82, 2.24) is 14.9 Å². The van der Waals surface area contributed by atoms with Gasteiger partial charge in [0, 0.05) is 29.5 Å². The van der Waals surface area contributed by atoms with E-state index in [4.69, 9.17) is 23.8 Å². The second kappa shape index (κ2) is 8.26. The molecule has 0 aliphatic carbocycles. The van der Waals surface area contributed by atoms with Crippen molar-refractivity contribution < 1.29 is 9.50 Å². The molecule has 0 spiro atoms. The van der Waals surface area contributed by atoms with Crippen LogP contribution < -0.4 is 10.2 Å². The van der Waals surface area contributed by atoms with Crippen molar-refractivity contribution in [3.63, 3.8) is 0 Å². The van der Waals surface area contributed by atoms with Crippen LogP contribution in [-0.2, 0) is 0 Å². The van der Waals surface area contributed by atoms with Crippen molar-refractivity contribution in [3.05, 3.63) is 107 Å². The number of anilines is 1. The minimum absolute atomic E-state index is 0.0545. The number of phenolic OH excluding ortho intramolecular Hbond substituents is 1. The third kappa shape index (κ3) is 3.59. The summed E-state index contributed by atoms with van der Waals surface area (Å²) >= 11 is 11.8. The van der Waals surface area contributed by atoms with Gasteiger partial charge in [0.25, 0.3) is 0 Å². The predicted octanol–water partition coefficient (Wildman–Crippen LogP) is 5.55. The fourth-order valence-electron chi connectivity index (χ4n) is 4.05. The van der Waals surface area contributed by atoms with Gasteiger partial charge in [0.15, 0.2) is 5.11 Å². The van der Waals surface area contributed by atoms with Crippen LogP contribution in [0.3, 0.4) is 0 Å². The number of phenols is 1. The first-order valence-corrected chi connectivity index (χ1v) is 10.7. The van der Waals surface area contributed by atoms with Crippen LogP contribution in [0.25, 0.3) is 5.69 Å². The van der Waals surface area contributed by atoms with Gasteiger partial charge in [-0.3, -0.25) is 4.98 Å². The third-order valence-electron chi connectivity index (χ3n) is 5.49. The van der Waals surface area contributed by atoms with Gasteiger partial charge in [-0.25, -0.2) is 4.39 Å². The molecular formula is C24H18ClFN4OS. The molecule has 8 heteroatoms. The molecule has 1 aliphatic heterocycles. The van der Waals surface area contributed by atoms with E-state index in [9.17, 15) is 9.50 Å². The number of rotatable bonds is 4. The summed E-state index contributed by atoms with van der Waals surface area (Å²) in [6.45, 7) is 0. The Morgan fingerprint density at radius 2 is 1.78 bits per heavy atom. The van der Waals surface area contributed by atoms with Crippen molar-refractivity contribution in [2.24, 2.45) is 0 Å². The summed E-state index contributed by atoms with van der Waals surface area (Å²) in [4.78, 5) is 6.56. The lowest BCUT2D eigenvalue weighted by molar-refractivity contribution is 0.475. The molecule has 2 atom stereocenters. The maximum atomic E-state index is 13.8. The van der Waals surface area contributed by atoms with Gasteiger partial charge < -0.3 is 19.9 Å². The molecule has 2 N–H and O–H groups in total. The SMILES string of the molecule is Oc1ccc(N2C(=S)N[C@H](c3ccccn3)[C@@H]2c2cccn2-c2ccc(F)c(Cl)c2)cc1. The molecule has 1 saturated heterocycles. The summed E-state index contributed by atoms with van der Waals surface area (Å²) in [5.41, 5.74) is 3.32. The van der Waals surface area contributed by atoms with Crippen LogP contribution in [0.5, 0.6) is 5.75 Å². The number of hydrogen-bond donors (Lipinski definition) is 2. The van der Waals surface area contributed by atoms with Gasteiger partial charge in [0.1, 0.15) is 17.6 Å². The molecule has 5 nitrogen and oxygen atoms in total. The number of benzene rings is 2. The van der Waals surface area contributed by atoms with Gasteiger partial charge in [-0.15, -0.1) is 0 Å². The van der Waals surface area contributed by atoms with Gasteiger partial charge >= 0.3 is 0 Å². The van der Waals surface area contributed by atoms with Gasteiger partial charge in [-0.05, 0) is 78.9 Å². The number of aromatic hydroxyl groups is 1. The second-order valence-electron chi connectivity index (χ2n) is 7.41. The first kappa shape index (κ1) is 20.5. The molecule has 0 saturated carbocycles. The molecular weight excluding hydrogens is 447 g/mol. The molecule has 1 fully saturated rings. The van der Waals surface area contributed by atoms with Crippen LogP contribution in [-0.4, -0.2) is 19.8 Å². The van der Waals surface area contributed by atoms with Crippen molar-refractivity contribution in [1.29, 1.82) is 0 Å². The molecule has 0 amide bonds. The number of hydrogen-bond acceptors (Lipinski definition) is 3. The van der Waals surface area contributed by atoms with Crippen molar-refractivity contribution in [3.8, 4) is 11.4 Å². The summed E-state index contributed by atoms with van der Waals surface area (Å²) in [6.07, 6.45) is 3.66. The molecule has 0 unspecified atom stereocenters. The second-order valence-corrected chi connectivity index (χ2v) is 8.21. The summed E-state index contributed by atoms with van der Waals surface area (Å²) in [6, 6.07) is 20.7. The zero-order valence-electron chi connectivity index (χ0n) is 16.7. The standard InChI is InChI=1S/C24H18ClFN4OS/c25-18-14-16(8-11-19(18)26)29-13-3-5-21(29)23-22(20-4-1-2-12-27-20)28-24(32)30(23)15-6-9-17(31)10-7-15/h1-14,22-23,31H,(H,28,32)/t22-,23+/m1/s1. The minimum Gasteiger partial charge on any atom is -0.508 e. The average molecular weight is 465 g/mol. The molecule has 2 aromatic heterocycles. The molecule has 32 heavy (non-hydrogen) atoms. The predicted molar refractivity (Wildman–Crippen MR) is 127 cm³/mol. The van der Waals surface area contributed by atoms with E-state index >= 15 is 0 Å². The number of aromatic nitrogens is 2. The molecule has 4 aromatic rings. The highest BCUT2D eigenvalue weighted by Crippen LogP contribution is 2.42. The number of thiocarbonyl (C=S) groups is 1. The largest absolute Gasteiger partial charge is 0.508 e. The Morgan fingerprint density at radius 1 is 1.00 bits per heavy atom. The number of pyridine rings is 1. The Kier molecular flexibility index (Phi) is 5.28. The maximum Gasteiger partial charge on any atom is 0.174 e. The van der Waals surface area contributed by atoms with E-state index in [1.54, 1.807) is 30.5 Å². The highest BCUT2D eigenvalue weighted by atomic mass is 35.5. The van der Waals surface area contributed by atoms with Gasteiger partial charge in [0.2, 0.25) is 0 Å². The molecule has 1 aliphatic rings. The molecule has 0 bridgehead atoms. The Labute approximate surface area is 194 Å². The Balaban J connectivity index is 1.67. The first-order valence-electron chi connectivity index (χ1n) is 9.95. The van der Waals surface area contributed by atoms with Crippen LogP contribution in [0.1, 0.15) is 23.5 Å². The van der Waals surface area contributed by atoms with Gasteiger partial charge in [-0.1, -0.05) is 17.7 Å². The smallest absolute Gasteiger partial charge is 0.174 e. The van der Waals surface area contributed by atoms with E-state index in [2.05, 4.69) is 10.3 Å². The van der Waals surface area contributed by atoms with Crippen LogP contribution in [0.4, 0.5) is 10.1 Å². The van der Waals surface area contributed by atoms with E-state index in [1.165, 1.54) is 6.07 Å². The van der Waals surface area contributed by atoms with E-state index in [-0.39, 0.29) is 22.9 Å². The van der Waals surface area contributed by atoms with Crippen LogP contribution in [0.15, 0.2) is 85.2 Å². The minimum atomic E-state index is -0.468. The summed E-state index contributed by atoms with van der Waals surface area (Å²) in [7, 11) is 0. The summed E-state index contributed by atoms with van der Waals surface area (Å²) < 4.78 is 15.8. The van der Waals surface area contributed by atoms with Crippen molar-refractivity contribution >= 4 is 34.6 Å². The van der Waals surface area contributed by atoms with Gasteiger partial charge in [0.05, 0.1) is 16.8 Å². The molecule has 3 heterocycles. The van der Waals surface area contributed by atoms with Crippen LogP contribution >= 0.6 is 23.8 Å². The van der Waals surface area contributed by atoms with Gasteiger partial charge in [-0.2, -0.15) is 0 Å². The van der Waals surface area contributed by atoms with E-state index in [1.807, 2.05) is 58.1 Å². The zero-order valence-corrected chi connectivity index (χ0v) is 18.3. The molecule has 5 rings (SSSR count). The van der Waals surface area contributed by atoms with E-state index in [0.717, 1.165) is 22.8 Å². The summed E-state index contributed by atoms with van der Waals surface area (Å²) in [5.74, 6) is -0.293. The molecule has 0 radical (unpaired) electrons. The lowest BCUT2D eigenvalue weighted by atomic mass is 10.0. The van der Waals surface area contributed by atoms with E-state index in [0.29, 0.717) is 5.11 Å². The maximum absolute atomic E-state index is 13.8.